The molecule has 1 aliphatic carbocycles. The first-order valence-electron chi connectivity index (χ1n) is 14.8. The lowest BCUT2D eigenvalue weighted by Crippen LogP contribution is -2.18. The molecular weight excluding hydrogens is 510 g/mol. The number of nitrogens with zero attached hydrogens (tertiary/aromatic N) is 2. The van der Waals surface area contributed by atoms with Gasteiger partial charge < -0.3 is 10.8 Å². The second kappa shape index (κ2) is 13.2. The smallest absolute Gasteiger partial charge is 0.303 e. The summed E-state index contributed by atoms with van der Waals surface area (Å²) in [5, 5.41) is 13.8. The van der Waals surface area contributed by atoms with Gasteiger partial charge in [0.1, 0.15) is 0 Å². The van der Waals surface area contributed by atoms with E-state index in [1.54, 1.807) is 6.92 Å². The van der Waals surface area contributed by atoms with E-state index in [4.69, 9.17) is 15.9 Å². The molecule has 1 amide bonds. The van der Waals surface area contributed by atoms with Crippen molar-refractivity contribution in [3.05, 3.63) is 89.6 Å². The minimum absolute atomic E-state index is 0.129. The maximum absolute atomic E-state index is 11.6. The Morgan fingerprint density at radius 1 is 0.951 bits per heavy atom. The van der Waals surface area contributed by atoms with Crippen LogP contribution in [0.2, 0.25) is 0 Å². The van der Waals surface area contributed by atoms with Gasteiger partial charge in [-0.15, -0.1) is 0 Å². The zero-order valence-electron chi connectivity index (χ0n) is 24.8. The lowest BCUT2D eigenvalue weighted by atomic mass is 9.83. The van der Waals surface area contributed by atoms with Crippen LogP contribution in [0.5, 0.6) is 0 Å². The maximum atomic E-state index is 11.6. The van der Waals surface area contributed by atoms with Crippen LogP contribution in [0.1, 0.15) is 100 Å². The van der Waals surface area contributed by atoms with E-state index in [0.717, 1.165) is 17.3 Å². The fourth-order valence-electron chi connectivity index (χ4n) is 5.63. The van der Waals surface area contributed by atoms with Crippen molar-refractivity contribution in [2.24, 2.45) is 11.7 Å². The minimum atomic E-state index is -0.745. The highest BCUT2D eigenvalue weighted by atomic mass is 16.4. The molecule has 3 aromatic carbocycles. The van der Waals surface area contributed by atoms with Crippen molar-refractivity contribution in [2.45, 2.75) is 84.1 Å². The van der Waals surface area contributed by atoms with E-state index in [2.05, 4.69) is 67.9 Å². The summed E-state index contributed by atoms with van der Waals surface area (Å²) in [5.74, 6) is -0.442. The molecule has 3 N–H and O–H groups in total. The molecule has 216 valence electrons. The molecule has 1 aromatic heterocycles. The standard InChI is InChI=1S/C32H37N3O.C3H6O2/c1-32(2,3)28-16-13-23(14-17-28)26-15-18-29-27(20-26)21-34-35(29)30(19-22-7-5-4-6-8-22)24-9-11-25(12-10-24)31(33)36;1-2-3(4)5/h9-18,20-22,30H,4-8,19H2,1-3H3,(H2,33,36);2H2,1H3,(H,4,5). The highest BCUT2D eigenvalue weighted by molar-refractivity contribution is 5.92. The predicted molar refractivity (Wildman–Crippen MR) is 166 cm³/mol. The number of hydrogen-bond donors (Lipinski definition) is 2. The van der Waals surface area contributed by atoms with Gasteiger partial charge in [0.05, 0.1) is 17.8 Å². The van der Waals surface area contributed by atoms with Gasteiger partial charge in [-0.25, -0.2) is 0 Å². The zero-order valence-corrected chi connectivity index (χ0v) is 24.8. The lowest BCUT2D eigenvalue weighted by molar-refractivity contribution is -0.136. The van der Waals surface area contributed by atoms with E-state index in [1.807, 2.05) is 30.5 Å². The number of hydrogen-bond acceptors (Lipinski definition) is 3. The SMILES string of the molecule is CC(C)(C)c1ccc(-c2ccc3c(cnn3C(CC3CCCCC3)c3ccc(C(N)=O)cc3)c2)cc1.CCC(=O)O. The van der Waals surface area contributed by atoms with Crippen molar-refractivity contribution in [2.75, 3.05) is 0 Å². The first-order valence-corrected chi connectivity index (χ1v) is 14.8. The number of carbonyl (C=O) groups is 2. The molecule has 1 saturated carbocycles. The summed E-state index contributed by atoms with van der Waals surface area (Å²) in [4.78, 5) is 21.0. The Labute approximate surface area is 243 Å². The van der Waals surface area contributed by atoms with Gasteiger partial charge in [0.2, 0.25) is 5.91 Å². The number of primary amides is 1. The molecule has 0 bridgehead atoms. The van der Waals surface area contributed by atoms with Crippen LogP contribution in [0, 0.1) is 5.92 Å². The third-order valence-corrected chi connectivity index (χ3v) is 8.14. The fourth-order valence-corrected chi connectivity index (χ4v) is 5.63. The van der Waals surface area contributed by atoms with Crippen LogP contribution in [0.15, 0.2) is 72.9 Å². The molecule has 4 aromatic rings. The highest BCUT2D eigenvalue weighted by Gasteiger charge is 2.24. The van der Waals surface area contributed by atoms with Crippen LogP contribution in [0.4, 0.5) is 0 Å². The summed E-state index contributed by atoms with van der Waals surface area (Å²) >= 11 is 0. The van der Waals surface area contributed by atoms with Gasteiger partial charge >= 0.3 is 5.97 Å². The summed E-state index contributed by atoms with van der Waals surface area (Å²) in [6, 6.07) is 23.5. The van der Waals surface area contributed by atoms with Crippen molar-refractivity contribution in [1.29, 1.82) is 0 Å². The Morgan fingerprint density at radius 3 is 2.12 bits per heavy atom. The fraction of sp³-hybridized carbons (Fsp3) is 0.400. The van der Waals surface area contributed by atoms with Gasteiger partial charge in [-0.1, -0.05) is 102 Å². The van der Waals surface area contributed by atoms with E-state index in [-0.39, 0.29) is 17.9 Å². The summed E-state index contributed by atoms with van der Waals surface area (Å²) in [7, 11) is 0. The Hall–Kier alpha value is -3.93. The Bertz CT molecular complexity index is 1460. The topological polar surface area (TPSA) is 98.2 Å². The van der Waals surface area contributed by atoms with Crippen LogP contribution >= 0.6 is 0 Å². The molecule has 6 heteroatoms. The number of benzene rings is 3. The van der Waals surface area contributed by atoms with E-state index < -0.39 is 11.9 Å². The molecular formula is C35H43N3O3. The van der Waals surface area contributed by atoms with Crippen LogP contribution in [0.3, 0.4) is 0 Å². The van der Waals surface area contributed by atoms with Crippen LogP contribution in [0.25, 0.3) is 22.0 Å². The Kier molecular flexibility index (Phi) is 9.64. The number of nitrogens with two attached hydrogens (primary N) is 1. The molecule has 5 rings (SSSR count). The van der Waals surface area contributed by atoms with Gasteiger partial charge in [0.25, 0.3) is 0 Å². The molecule has 0 aliphatic heterocycles. The lowest BCUT2D eigenvalue weighted by Gasteiger charge is -2.27. The summed E-state index contributed by atoms with van der Waals surface area (Å²) in [6.45, 7) is 8.33. The molecule has 6 nitrogen and oxygen atoms in total. The van der Waals surface area contributed by atoms with Crippen molar-refractivity contribution >= 4 is 22.8 Å². The monoisotopic (exact) mass is 553 g/mol. The number of carbonyl (C=O) groups excluding carboxylic acids is 1. The molecule has 0 radical (unpaired) electrons. The predicted octanol–water partition coefficient (Wildman–Crippen LogP) is 8.14. The minimum Gasteiger partial charge on any atom is -0.481 e. The second-order valence-corrected chi connectivity index (χ2v) is 12.2. The van der Waals surface area contributed by atoms with E-state index in [9.17, 15) is 9.59 Å². The summed E-state index contributed by atoms with van der Waals surface area (Å²) in [6.07, 6.45) is 9.81. The molecule has 0 spiro atoms. The number of amides is 1. The van der Waals surface area contributed by atoms with Gasteiger partial charge in [-0.05, 0) is 64.3 Å². The number of aliphatic carboxylic acids is 1. The van der Waals surface area contributed by atoms with Crippen molar-refractivity contribution in [3.63, 3.8) is 0 Å². The van der Waals surface area contributed by atoms with Crippen LogP contribution in [-0.2, 0) is 10.2 Å². The number of carboxylic acid groups (broad SMARTS) is 1. The number of carboxylic acids is 1. The van der Waals surface area contributed by atoms with E-state index >= 15 is 0 Å². The Morgan fingerprint density at radius 2 is 1.56 bits per heavy atom. The number of fused-ring (bicyclic) bond motifs is 1. The third kappa shape index (κ3) is 7.63. The molecule has 1 unspecified atom stereocenters. The van der Waals surface area contributed by atoms with E-state index in [1.165, 1.54) is 54.4 Å². The van der Waals surface area contributed by atoms with Gasteiger partial charge in [0, 0.05) is 17.4 Å². The van der Waals surface area contributed by atoms with Crippen LogP contribution in [-0.4, -0.2) is 26.8 Å². The normalized spacial score (nSPS) is 14.7. The molecule has 1 atom stereocenters. The molecule has 1 heterocycles. The first kappa shape index (κ1) is 30.0. The molecule has 0 saturated heterocycles. The number of aromatic nitrogens is 2. The third-order valence-electron chi connectivity index (χ3n) is 8.14. The maximum Gasteiger partial charge on any atom is 0.303 e. The quantitative estimate of drug-likeness (QED) is 0.241. The second-order valence-electron chi connectivity index (χ2n) is 12.2. The Balaban J connectivity index is 0.000000714. The largest absolute Gasteiger partial charge is 0.481 e. The molecule has 1 fully saturated rings. The van der Waals surface area contributed by atoms with Crippen LogP contribution < -0.4 is 5.73 Å². The highest BCUT2D eigenvalue weighted by Crippen LogP contribution is 2.36. The zero-order chi connectivity index (χ0) is 29.6. The van der Waals surface area contributed by atoms with Gasteiger partial charge in [-0.3, -0.25) is 14.3 Å². The van der Waals surface area contributed by atoms with Crippen molar-refractivity contribution < 1.29 is 14.7 Å². The molecule has 1 aliphatic rings. The average Bonchev–Trinajstić information content (AvgIpc) is 3.39. The average molecular weight is 554 g/mol. The van der Waals surface area contributed by atoms with Gasteiger partial charge in [-0.2, -0.15) is 5.10 Å². The first-order chi connectivity index (χ1) is 19.6. The number of rotatable bonds is 7. The van der Waals surface area contributed by atoms with Crippen molar-refractivity contribution in [3.8, 4) is 11.1 Å². The van der Waals surface area contributed by atoms with E-state index in [0.29, 0.717) is 11.5 Å². The summed E-state index contributed by atoms with van der Waals surface area (Å²) in [5.41, 5.74) is 12.3. The van der Waals surface area contributed by atoms with Gasteiger partial charge in [0.15, 0.2) is 0 Å². The van der Waals surface area contributed by atoms with Crippen molar-refractivity contribution in [1.82, 2.24) is 9.78 Å². The summed E-state index contributed by atoms with van der Waals surface area (Å²) < 4.78 is 2.19. The molecule has 41 heavy (non-hydrogen) atoms.